The van der Waals surface area contributed by atoms with Gasteiger partial charge in [0.15, 0.2) is 0 Å². The van der Waals surface area contributed by atoms with Gasteiger partial charge in [-0.2, -0.15) is 0 Å². The Hall–Kier alpha value is -2.20. The van der Waals surface area contributed by atoms with E-state index in [0.717, 1.165) is 33.2 Å². The summed E-state index contributed by atoms with van der Waals surface area (Å²) in [5.74, 6) is 0. The third-order valence-electron chi connectivity index (χ3n) is 2.90. The van der Waals surface area contributed by atoms with Gasteiger partial charge in [-0.1, -0.05) is 18.2 Å². The van der Waals surface area contributed by atoms with Crippen LogP contribution in [0.15, 0.2) is 48.0 Å². The fourth-order valence-corrected chi connectivity index (χ4v) is 2.81. The maximum atomic E-state index is 5.80. The molecule has 1 aromatic carbocycles. The highest BCUT2D eigenvalue weighted by Gasteiger charge is 2.09. The minimum Gasteiger partial charge on any atom is -0.399 e. The first-order valence-corrected chi connectivity index (χ1v) is 6.85. The van der Waals surface area contributed by atoms with Gasteiger partial charge in [0, 0.05) is 22.8 Å². The number of rotatable bonds is 2. The zero-order valence-corrected chi connectivity index (χ0v) is 11.3. The number of anilines is 1. The predicted molar refractivity (Wildman–Crippen MR) is 79.9 cm³/mol. The molecule has 3 nitrogen and oxygen atoms in total. The van der Waals surface area contributed by atoms with E-state index in [9.17, 15) is 0 Å². The highest BCUT2D eigenvalue weighted by molar-refractivity contribution is 7.13. The van der Waals surface area contributed by atoms with Gasteiger partial charge in [-0.25, -0.2) is 4.98 Å². The van der Waals surface area contributed by atoms with Crippen LogP contribution >= 0.6 is 11.3 Å². The first-order chi connectivity index (χ1) is 9.24. The quantitative estimate of drug-likeness (QED) is 0.719. The zero-order chi connectivity index (χ0) is 13.2. The lowest BCUT2D eigenvalue weighted by Gasteiger charge is -2.00. The summed E-state index contributed by atoms with van der Waals surface area (Å²) in [5, 5.41) is 2.98. The molecule has 3 aromatic rings. The molecule has 2 N–H and O–H groups in total. The van der Waals surface area contributed by atoms with Gasteiger partial charge in [0.1, 0.15) is 10.7 Å². The van der Waals surface area contributed by atoms with Gasteiger partial charge in [-0.3, -0.25) is 4.98 Å². The second-order valence-corrected chi connectivity index (χ2v) is 5.19. The van der Waals surface area contributed by atoms with Crippen LogP contribution in [0.5, 0.6) is 0 Å². The smallest absolute Gasteiger partial charge is 0.142 e. The molecule has 0 bridgehead atoms. The van der Waals surface area contributed by atoms with Gasteiger partial charge in [0.05, 0.1) is 5.69 Å². The lowest BCUT2D eigenvalue weighted by Crippen LogP contribution is -1.87. The zero-order valence-electron chi connectivity index (χ0n) is 10.5. The molecular formula is C15H13N3S. The summed E-state index contributed by atoms with van der Waals surface area (Å²) >= 11 is 1.60. The number of benzene rings is 1. The van der Waals surface area contributed by atoms with Crippen LogP contribution in [0, 0.1) is 6.92 Å². The molecule has 0 fully saturated rings. The van der Waals surface area contributed by atoms with Crippen LogP contribution in [-0.4, -0.2) is 9.97 Å². The van der Waals surface area contributed by atoms with Crippen molar-refractivity contribution >= 4 is 17.0 Å². The fraction of sp³-hybridized carbons (Fsp3) is 0.0667. The van der Waals surface area contributed by atoms with Crippen molar-refractivity contribution < 1.29 is 0 Å². The highest BCUT2D eigenvalue weighted by atomic mass is 32.1. The van der Waals surface area contributed by atoms with E-state index < -0.39 is 0 Å². The minimum atomic E-state index is 0.751. The summed E-state index contributed by atoms with van der Waals surface area (Å²) in [5.41, 5.74) is 10.6. The molecule has 0 saturated carbocycles. The van der Waals surface area contributed by atoms with Crippen LogP contribution in [0.1, 0.15) is 5.56 Å². The van der Waals surface area contributed by atoms with Crippen molar-refractivity contribution in [3.05, 3.63) is 53.5 Å². The number of pyridine rings is 1. The maximum absolute atomic E-state index is 5.80. The van der Waals surface area contributed by atoms with Gasteiger partial charge in [0.25, 0.3) is 0 Å². The van der Waals surface area contributed by atoms with E-state index in [2.05, 4.69) is 9.97 Å². The van der Waals surface area contributed by atoms with Crippen LogP contribution in [-0.2, 0) is 0 Å². The van der Waals surface area contributed by atoms with Gasteiger partial charge in [-0.05, 0) is 30.7 Å². The van der Waals surface area contributed by atoms with E-state index >= 15 is 0 Å². The summed E-state index contributed by atoms with van der Waals surface area (Å²) in [6, 6.07) is 11.7. The monoisotopic (exact) mass is 267 g/mol. The molecule has 0 atom stereocenters. The normalized spacial score (nSPS) is 10.6. The number of aryl methyl sites for hydroxylation is 1. The third kappa shape index (κ3) is 2.35. The van der Waals surface area contributed by atoms with E-state index in [4.69, 9.17) is 5.73 Å². The molecule has 0 aliphatic heterocycles. The molecule has 0 aliphatic carbocycles. The van der Waals surface area contributed by atoms with E-state index in [-0.39, 0.29) is 0 Å². The predicted octanol–water partition coefficient (Wildman–Crippen LogP) is 3.76. The summed E-state index contributed by atoms with van der Waals surface area (Å²) in [4.78, 5) is 9.05. The van der Waals surface area contributed by atoms with E-state index in [0.29, 0.717) is 0 Å². The van der Waals surface area contributed by atoms with Crippen molar-refractivity contribution in [1.82, 2.24) is 9.97 Å². The Morgan fingerprint density at radius 1 is 1.16 bits per heavy atom. The van der Waals surface area contributed by atoms with Crippen LogP contribution in [0.25, 0.3) is 22.0 Å². The molecule has 0 aliphatic rings. The molecule has 0 radical (unpaired) electrons. The number of hydrogen-bond acceptors (Lipinski definition) is 4. The minimum absolute atomic E-state index is 0.751. The van der Waals surface area contributed by atoms with Crippen LogP contribution < -0.4 is 5.73 Å². The SMILES string of the molecule is Cc1cccnc1-c1nc(-c2cccc(N)c2)cs1. The standard InChI is InChI=1S/C15H13N3S/c1-10-4-3-7-17-14(10)15-18-13(9-19-15)11-5-2-6-12(16)8-11/h2-9H,16H2,1H3. The molecule has 0 saturated heterocycles. The Bertz CT molecular complexity index is 719. The molecular weight excluding hydrogens is 254 g/mol. The van der Waals surface area contributed by atoms with E-state index in [1.807, 2.05) is 48.7 Å². The number of nitrogens with zero attached hydrogens (tertiary/aromatic N) is 2. The van der Waals surface area contributed by atoms with Crippen LogP contribution in [0.2, 0.25) is 0 Å². The summed E-state index contributed by atoms with van der Waals surface area (Å²) in [6.45, 7) is 2.05. The Labute approximate surface area is 115 Å². The third-order valence-corrected chi connectivity index (χ3v) is 3.75. The van der Waals surface area contributed by atoms with Crippen molar-refractivity contribution in [3.8, 4) is 22.0 Å². The van der Waals surface area contributed by atoms with Gasteiger partial charge >= 0.3 is 0 Å². The van der Waals surface area contributed by atoms with Gasteiger partial charge in [0.2, 0.25) is 0 Å². The van der Waals surface area contributed by atoms with Gasteiger partial charge < -0.3 is 5.73 Å². The van der Waals surface area contributed by atoms with Crippen molar-refractivity contribution in [2.45, 2.75) is 6.92 Å². The van der Waals surface area contributed by atoms with E-state index in [1.54, 1.807) is 17.5 Å². The Morgan fingerprint density at radius 3 is 2.84 bits per heavy atom. The molecule has 19 heavy (non-hydrogen) atoms. The Kier molecular flexibility index (Phi) is 3.01. The fourth-order valence-electron chi connectivity index (χ4n) is 1.92. The molecule has 2 aromatic heterocycles. The van der Waals surface area contributed by atoms with Crippen LogP contribution in [0.3, 0.4) is 0 Å². The summed E-state index contributed by atoms with van der Waals surface area (Å²) in [7, 11) is 0. The number of hydrogen-bond donors (Lipinski definition) is 1. The molecule has 2 heterocycles. The number of thiazole rings is 1. The number of aromatic nitrogens is 2. The number of nitrogens with two attached hydrogens (primary N) is 1. The van der Waals surface area contributed by atoms with Gasteiger partial charge in [-0.15, -0.1) is 11.3 Å². The largest absolute Gasteiger partial charge is 0.399 e. The first kappa shape index (κ1) is 11.9. The number of nitrogen functional groups attached to an aromatic ring is 1. The highest BCUT2D eigenvalue weighted by Crippen LogP contribution is 2.29. The lowest BCUT2D eigenvalue weighted by atomic mass is 10.1. The van der Waals surface area contributed by atoms with Crippen molar-refractivity contribution in [2.75, 3.05) is 5.73 Å². The molecule has 0 amide bonds. The summed E-state index contributed by atoms with van der Waals surface area (Å²) < 4.78 is 0. The molecule has 0 unspecified atom stereocenters. The lowest BCUT2D eigenvalue weighted by molar-refractivity contribution is 1.25. The van der Waals surface area contributed by atoms with Crippen molar-refractivity contribution in [1.29, 1.82) is 0 Å². The van der Waals surface area contributed by atoms with Crippen molar-refractivity contribution in [2.24, 2.45) is 0 Å². The first-order valence-electron chi connectivity index (χ1n) is 5.97. The van der Waals surface area contributed by atoms with Crippen LogP contribution in [0.4, 0.5) is 5.69 Å². The topological polar surface area (TPSA) is 51.8 Å². The average Bonchev–Trinajstić information content (AvgIpc) is 2.89. The maximum Gasteiger partial charge on any atom is 0.142 e. The Morgan fingerprint density at radius 2 is 2.05 bits per heavy atom. The second kappa shape index (κ2) is 4.82. The second-order valence-electron chi connectivity index (χ2n) is 4.33. The van der Waals surface area contributed by atoms with E-state index in [1.165, 1.54) is 0 Å². The molecule has 0 spiro atoms. The van der Waals surface area contributed by atoms with Crippen molar-refractivity contribution in [3.63, 3.8) is 0 Å². The average molecular weight is 267 g/mol. The molecule has 4 heteroatoms. The summed E-state index contributed by atoms with van der Waals surface area (Å²) in [6.07, 6.45) is 1.80. The Balaban J connectivity index is 2.03. The molecule has 94 valence electrons. The molecule has 3 rings (SSSR count).